The van der Waals surface area contributed by atoms with E-state index in [0.29, 0.717) is 18.7 Å². The molecule has 0 radical (unpaired) electrons. The quantitative estimate of drug-likeness (QED) is 0.630. The van der Waals surface area contributed by atoms with E-state index in [1.165, 1.54) is 0 Å². The highest BCUT2D eigenvalue weighted by molar-refractivity contribution is 6.39. The van der Waals surface area contributed by atoms with Crippen LogP contribution < -0.4 is 15.5 Å². The normalized spacial score (nSPS) is 14.9. The summed E-state index contributed by atoms with van der Waals surface area (Å²) in [5.41, 5.74) is 2.55. The largest absolute Gasteiger partial charge is 0.372 e. The Morgan fingerprint density at radius 2 is 1.82 bits per heavy atom. The Morgan fingerprint density at radius 1 is 1.09 bits per heavy atom. The summed E-state index contributed by atoms with van der Waals surface area (Å²) in [4.78, 5) is 39.5. The van der Waals surface area contributed by atoms with Crippen molar-refractivity contribution in [2.24, 2.45) is 5.92 Å². The Kier molecular flexibility index (Phi) is 7.87. The fourth-order valence-electron chi connectivity index (χ4n) is 4.19. The molecule has 0 saturated carbocycles. The van der Waals surface area contributed by atoms with Crippen molar-refractivity contribution in [1.82, 2.24) is 5.32 Å². The molecule has 1 heterocycles. The third-order valence-corrected chi connectivity index (χ3v) is 6.22. The Morgan fingerprint density at radius 3 is 2.45 bits per heavy atom. The number of nitrogens with one attached hydrogen (secondary N) is 2. The van der Waals surface area contributed by atoms with Gasteiger partial charge in [0.1, 0.15) is 5.60 Å². The maximum absolute atomic E-state index is 12.6. The van der Waals surface area contributed by atoms with Crippen LogP contribution in [0.5, 0.6) is 0 Å². The van der Waals surface area contributed by atoms with Crippen LogP contribution in [-0.2, 0) is 31.1 Å². The van der Waals surface area contributed by atoms with Crippen LogP contribution in [0.4, 0.5) is 11.4 Å². The van der Waals surface area contributed by atoms with Gasteiger partial charge in [-0.15, -0.1) is 0 Å². The van der Waals surface area contributed by atoms with Gasteiger partial charge < -0.3 is 20.3 Å². The maximum Gasteiger partial charge on any atom is 0.313 e. The monoisotopic (exact) mass is 451 g/mol. The average Bonchev–Trinajstić information content (AvgIpc) is 2.84. The lowest BCUT2D eigenvalue weighted by Crippen LogP contribution is -2.45. The van der Waals surface area contributed by atoms with E-state index in [1.54, 1.807) is 24.1 Å². The molecule has 0 spiro atoms. The molecule has 7 heteroatoms. The standard InChI is InChI=1S/C26H33N3O4/c1-5-26(33-4,20-11-7-6-8-12-20)17-27-23(30)24(31)28-21-14-13-19-10-9-15-29(22(19)16-21)25(32)18(2)3/h6-8,11-14,16,18H,5,9-10,15,17H2,1-4H3,(H,27,30)(H,28,31). The number of methoxy groups -OCH3 is 1. The van der Waals surface area contributed by atoms with Crippen LogP contribution >= 0.6 is 0 Å². The number of nitrogens with zero attached hydrogens (tertiary/aromatic N) is 1. The molecule has 3 amide bonds. The molecule has 7 nitrogen and oxygen atoms in total. The van der Waals surface area contributed by atoms with Crippen molar-refractivity contribution in [3.63, 3.8) is 0 Å². The number of benzene rings is 2. The lowest BCUT2D eigenvalue weighted by atomic mass is 9.90. The van der Waals surface area contributed by atoms with E-state index >= 15 is 0 Å². The zero-order valence-corrected chi connectivity index (χ0v) is 19.8. The van der Waals surface area contributed by atoms with Gasteiger partial charge in [-0.05, 0) is 42.5 Å². The van der Waals surface area contributed by atoms with Gasteiger partial charge in [0, 0.05) is 30.9 Å². The maximum atomic E-state index is 12.6. The average molecular weight is 452 g/mol. The van der Waals surface area contributed by atoms with Gasteiger partial charge >= 0.3 is 11.8 Å². The lowest BCUT2D eigenvalue weighted by molar-refractivity contribution is -0.137. The molecule has 1 aliphatic heterocycles. The van der Waals surface area contributed by atoms with Gasteiger partial charge in [0.05, 0.1) is 6.54 Å². The summed E-state index contributed by atoms with van der Waals surface area (Å²) in [5, 5.41) is 5.37. The third kappa shape index (κ3) is 5.42. The molecule has 0 fully saturated rings. The van der Waals surface area contributed by atoms with E-state index in [-0.39, 0.29) is 18.4 Å². The van der Waals surface area contributed by atoms with Gasteiger partial charge in [0.25, 0.3) is 0 Å². The molecule has 33 heavy (non-hydrogen) atoms. The number of hydrogen-bond donors (Lipinski definition) is 2. The number of anilines is 2. The summed E-state index contributed by atoms with van der Waals surface area (Å²) in [6.45, 7) is 6.53. The summed E-state index contributed by atoms with van der Waals surface area (Å²) in [6, 6.07) is 15.1. The van der Waals surface area contributed by atoms with Crippen molar-refractivity contribution in [1.29, 1.82) is 0 Å². The first-order chi connectivity index (χ1) is 15.8. The summed E-state index contributed by atoms with van der Waals surface area (Å²) >= 11 is 0. The van der Waals surface area contributed by atoms with E-state index in [9.17, 15) is 14.4 Å². The SMILES string of the molecule is CCC(CNC(=O)C(=O)Nc1ccc2c(c1)N(C(=O)C(C)C)CCC2)(OC)c1ccccc1. The smallest absolute Gasteiger partial charge is 0.313 e. The minimum absolute atomic E-state index is 0.0496. The number of hydrogen-bond acceptors (Lipinski definition) is 4. The first-order valence-corrected chi connectivity index (χ1v) is 11.5. The van der Waals surface area contributed by atoms with Crippen LogP contribution in [0.1, 0.15) is 44.7 Å². The predicted molar refractivity (Wildman–Crippen MR) is 129 cm³/mol. The molecule has 0 aliphatic carbocycles. The second-order valence-corrected chi connectivity index (χ2v) is 8.65. The fourth-order valence-corrected chi connectivity index (χ4v) is 4.19. The van der Waals surface area contributed by atoms with E-state index in [1.807, 2.05) is 57.2 Å². The van der Waals surface area contributed by atoms with E-state index in [4.69, 9.17) is 4.74 Å². The van der Waals surface area contributed by atoms with E-state index < -0.39 is 17.4 Å². The zero-order chi connectivity index (χ0) is 24.0. The molecule has 2 aromatic rings. The van der Waals surface area contributed by atoms with Crippen molar-refractivity contribution in [2.75, 3.05) is 30.4 Å². The Labute approximate surface area is 195 Å². The number of ether oxygens (including phenoxy) is 1. The number of rotatable bonds is 7. The number of aryl methyl sites for hydroxylation is 1. The van der Waals surface area contributed by atoms with Gasteiger partial charge in [0.2, 0.25) is 5.91 Å². The summed E-state index contributed by atoms with van der Waals surface area (Å²) < 4.78 is 5.75. The molecule has 1 aliphatic rings. The van der Waals surface area contributed by atoms with Gasteiger partial charge in [-0.2, -0.15) is 0 Å². The van der Waals surface area contributed by atoms with Crippen molar-refractivity contribution in [3.8, 4) is 0 Å². The van der Waals surface area contributed by atoms with Crippen LogP contribution in [0.15, 0.2) is 48.5 Å². The molecule has 1 atom stereocenters. The molecule has 0 bridgehead atoms. The van der Waals surface area contributed by atoms with Crippen molar-refractivity contribution >= 4 is 29.1 Å². The minimum atomic E-state index is -0.762. The molecular formula is C26H33N3O4. The van der Waals surface area contributed by atoms with Crippen molar-refractivity contribution < 1.29 is 19.1 Å². The molecular weight excluding hydrogens is 418 g/mol. The summed E-state index contributed by atoms with van der Waals surface area (Å²) in [7, 11) is 1.60. The molecule has 3 rings (SSSR count). The molecule has 0 saturated heterocycles. The number of amides is 3. The first-order valence-electron chi connectivity index (χ1n) is 11.5. The highest BCUT2D eigenvalue weighted by Crippen LogP contribution is 2.31. The fraction of sp³-hybridized carbons (Fsp3) is 0.423. The molecule has 176 valence electrons. The summed E-state index contributed by atoms with van der Waals surface area (Å²) in [6.07, 6.45) is 2.40. The number of carbonyl (C=O) groups is 3. The molecule has 0 aromatic heterocycles. The lowest BCUT2D eigenvalue weighted by Gasteiger charge is -2.32. The van der Waals surface area contributed by atoms with Crippen LogP contribution in [0.25, 0.3) is 0 Å². The van der Waals surface area contributed by atoms with Gasteiger partial charge in [-0.25, -0.2) is 0 Å². The Bertz CT molecular complexity index is 1000. The van der Waals surface area contributed by atoms with Crippen LogP contribution in [0, 0.1) is 5.92 Å². The second kappa shape index (κ2) is 10.6. The predicted octanol–water partition coefficient (Wildman–Crippen LogP) is 3.63. The second-order valence-electron chi connectivity index (χ2n) is 8.65. The van der Waals surface area contributed by atoms with Crippen molar-refractivity contribution in [2.45, 2.75) is 45.6 Å². The number of fused-ring (bicyclic) bond motifs is 1. The van der Waals surface area contributed by atoms with Gasteiger partial charge in [-0.3, -0.25) is 14.4 Å². The topological polar surface area (TPSA) is 87.7 Å². The van der Waals surface area contributed by atoms with Crippen molar-refractivity contribution in [3.05, 3.63) is 59.7 Å². The third-order valence-electron chi connectivity index (χ3n) is 6.22. The Hall–Kier alpha value is -3.19. The van der Waals surface area contributed by atoms with Gasteiger partial charge in [-0.1, -0.05) is 57.2 Å². The molecule has 2 N–H and O–H groups in total. The summed E-state index contributed by atoms with van der Waals surface area (Å²) in [5.74, 6) is -1.58. The first kappa shape index (κ1) is 24.5. The number of carbonyl (C=O) groups excluding carboxylic acids is 3. The van der Waals surface area contributed by atoms with Crippen LogP contribution in [0.3, 0.4) is 0 Å². The molecule has 2 aromatic carbocycles. The Balaban J connectivity index is 1.69. The zero-order valence-electron chi connectivity index (χ0n) is 19.8. The van der Waals surface area contributed by atoms with Crippen LogP contribution in [0.2, 0.25) is 0 Å². The highest BCUT2D eigenvalue weighted by atomic mass is 16.5. The minimum Gasteiger partial charge on any atom is -0.372 e. The van der Waals surface area contributed by atoms with E-state index in [2.05, 4.69) is 10.6 Å². The van der Waals surface area contributed by atoms with Crippen LogP contribution in [-0.4, -0.2) is 37.9 Å². The highest BCUT2D eigenvalue weighted by Gasteiger charge is 2.31. The molecule has 1 unspecified atom stereocenters. The van der Waals surface area contributed by atoms with Gasteiger partial charge in [0.15, 0.2) is 0 Å². The van der Waals surface area contributed by atoms with E-state index in [0.717, 1.165) is 29.7 Å².